The number of carbonyl (C=O) groups excluding carboxylic acids is 1. The summed E-state index contributed by atoms with van der Waals surface area (Å²) in [4.78, 5) is 10.9. The van der Waals surface area contributed by atoms with Crippen molar-refractivity contribution in [3.05, 3.63) is 0 Å². The first-order chi connectivity index (χ1) is 5.20. The third kappa shape index (κ3) is 6.16. The number of ether oxygens (including phenoxy) is 1. The fraction of sp³-hybridized carbons (Fsp3) is 0.857. The van der Waals surface area contributed by atoms with Crippen molar-refractivity contribution in [2.45, 2.75) is 24.6 Å². The molecule has 1 atom stereocenters. The summed E-state index contributed by atoms with van der Waals surface area (Å²) in [6.45, 7) is 2.73. The Morgan fingerprint density at radius 1 is 1.73 bits per heavy atom. The number of amides is 1. The van der Waals surface area contributed by atoms with Gasteiger partial charge in [0.05, 0.1) is 7.11 Å². The highest BCUT2D eigenvalue weighted by Crippen LogP contribution is 2.05. The van der Waals surface area contributed by atoms with Gasteiger partial charge in [0.25, 0.3) is 0 Å². The van der Waals surface area contributed by atoms with Crippen molar-refractivity contribution in [3.8, 4) is 0 Å². The van der Waals surface area contributed by atoms with E-state index in [2.05, 4.69) is 32.9 Å². The van der Waals surface area contributed by atoms with Gasteiger partial charge in [-0.1, -0.05) is 29.3 Å². The van der Waals surface area contributed by atoms with Crippen LogP contribution < -0.4 is 5.32 Å². The second-order valence-electron chi connectivity index (χ2n) is 2.26. The lowest BCUT2D eigenvalue weighted by atomic mass is 10.2. The van der Waals surface area contributed by atoms with Crippen molar-refractivity contribution in [1.82, 2.24) is 5.32 Å². The van der Waals surface area contributed by atoms with E-state index in [0.717, 1.165) is 12.8 Å². The van der Waals surface area contributed by atoms with Crippen molar-refractivity contribution in [1.29, 1.82) is 0 Å². The van der Waals surface area contributed by atoms with E-state index in [0.29, 0.717) is 11.4 Å². The predicted molar refractivity (Wildman–Crippen MR) is 48.0 cm³/mol. The Balaban J connectivity index is 3.29. The normalized spacial score (nSPS) is 12.3. The highest BCUT2D eigenvalue weighted by Gasteiger charge is 2.04. The van der Waals surface area contributed by atoms with Crippen LogP contribution in [0.25, 0.3) is 0 Å². The summed E-state index contributed by atoms with van der Waals surface area (Å²) in [7, 11) is 1.36. The summed E-state index contributed by atoms with van der Waals surface area (Å²) in [5, 5.41) is 2.61. The van der Waals surface area contributed by atoms with Crippen molar-refractivity contribution < 1.29 is 9.53 Å². The fourth-order valence-corrected chi connectivity index (χ4v) is 1.30. The second-order valence-corrected chi connectivity index (χ2v) is 3.55. The zero-order valence-electron chi connectivity index (χ0n) is 6.89. The van der Waals surface area contributed by atoms with Crippen molar-refractivity contribution in [2.75, 3.05) is 13.7 Å². The number of hydrogen-bond acceptors (Lipinski definition) is 2. The molecule has 0 heterocycles. The molecule has 0 fully saturated rings. The van der Waals surface area contributed by atoms with Crippen LogP contribution in [-0.4, -0.2) is 24.6 Å². The molecule has 0 aliphatic rings. The Morgan fingerprint density at radius 2 is 2.36 bits per heavy atom. The van der Waals surface area contributed by atoms with Crippen molar-refractivity contribution >= 4 is 22.0 Å². The molecule has 0 saturated heterocycles. The van der Waals surface area contributed by atoms with Crippen LogP contribution in [0.1, 0.15) is 19.8 Å². The number of rotatable bonds is 4. The molecule has 0 radical (unpaired) electrons. The number of halogens is 1. The van der Waals surface area contributed by atoms with Gasteiger partial charge in [-0.3, -0.25) is 0 Å². The topological polar surface area (TPSA) is 38.3 Å². The molecule has 3 nitrogen and oxygen atoms in total. The molecule has 0 bridgehead atoms. The highest BCUT2D eigenvalue weighted by molar-refractivity contribution is 9.09. The van der Waals surface area contributed by atoms with Gasteiger partial charge in [0.15, 0.2) is 0 Å². The van der Waals surface area contributed by atoms with Crippen LogP contribution in [0.15, 0.2) is 0 Å². The van der Waals surface area contributed by atoms with Crippen LogP contribution >= 0.6 is 15.9 Å². The number of alkyl carbamates (subject to hydrolysis) is 1. The SMILES string of the molecule is CCCC(Br)CNC(=O)OC. The van der Waals surface area contributed by atoms with Gasteiger partial charge in [-0.05, 0) is 6.42 Å². The van der Waals surface area contributed by atoms with Crippen molar-refractivity contribution in [3.63, 3.8) is 0 Å². The van der Waals surface area contributed by atoms with Crippen LogP contribution in [0.3, 0.4) is 0 Å². The van der Waals surface area contributed by atoms with Gasteiger partial charge in [-0.2, -0.15) is 0 Å². The monoisotopic (exact) mass is 223 g/mol. The number of methoxy groups -OCH3 is 1. The van der Waals surface area contributed by atoms with E-state index in [4.69, 9.17) is 0 Å². The number of hydrogen-bond donors (Lipinski definition) is 1. The minimum absolute atomic E-state index is 0.353. The summed E-state index contributed by atoms with van der Waals surface area (Å²) in [6, 6.07) is 0. The molecule has 1 N–H and O–H groups in total. The lowest BCUT2D eigenvalue weighted by Gasteiger charge is -2.08. The van der Waals surface area contributed by atoms with Crippen LogP contribution in [0, 0.1) is 0 Å². The molecule has 0 rings (SSSR count). The Kier molecular flexibility index (Phi) is 6.31. The van der Waals surface area contributed by atoms with Crippen LogP contribution in [0.5, 0.6) is 0 Å². The maximum absolute atomic E-state index is 10.6. The summed E-state index contributed by atoms with van der Waals surface area (Å²) < 4.78 is 4.41. The molecule has 0 spiro atoms. The lowest BCUT2D eigenvalue weighted by Crippen LogP contribution is -2.29. The van der Waals surface area contributed by atoms with E-state index in [9.17, 15) is 4.79 Å². The zero-order chi connectivity index (χ0) is 8.69. The van der Waals surface area contributed by atoms with E-state index in [1.54, 1.807) is 0 Å². The molecule has 1 amide bonds. The van der Waals surface area contributed by atoms with Crippen LogP contribution in [-0.2, 0) is 4.74 Å². The number of nitrogens with one attached hydrogen (secondary N) is 1. The summed E-state index contributed by atoms with van der Waals surface area (Å²) in [5.41, 5.74) is 0. The van der Waals surface area contributed by atoms with E-state index in [1.165, 1.54) is 7.11 Å². The summed E-state index contributed by atoms with van der Waals surface area (Å²) in [5.74, 6) is 0. The minimum atomic E-state index is -0.370. The summed E-state index contributed by atoms with van der Waals surface area (Å²) >= 11 is 3.43. The second kappa shape index (κ2) is 6.46. The zero-order valence-corrected chi connectivity index (χ0v) is 8.48. The molecule has 0 aromatic heterocycles. The Morgan fingerprint density at radius 3 is 2.82 bits per heavy atom. The molecule has 0 aliphatic carbocycles. The van der Waals surface area contributed by atoms with Gasteiger partial charge in [0.2, 0.25) is 0 Å². The standard InChI is InChI=1S/C7H14BrNO2/c1-3-4-6(8)5-9-7(10)11-2/h6H,3-5H2,1-2H3,(H,9,10). The summed E-state index contributed by atoms with van der Waals surface area (Å²) in [6.07, 6.45) is 1.80. The Labute approximate surface area is 75.6 Å². The van der Waals surface area contributed by atoms with Gasteiger partial charge < -0.3 is 10.1 Å². The molecule has 4 heteroatoms. The molecule has 0 aromatic rings. The third-order valence-corrected chi connectivity index (χ3v) is 2.04. The molecular formula is C7H14BrNO2. The lowest BCUT2D eigenvalue weighted by molar-refractivity contribution is 0.171. The molecular weight excluding hydrogens is 210 g/mol. The first kappa shape index (κ1) is 10.8. The third-order valence-electron chi connectivity index (χ3n) is 1.26. The van der Waals surface area contributed by atoms with E-state index in [-0.39, 0.29) is 6.09 Å². The van der Waals surface area contributed by atoms with E-state index >= 15 is 0 Å². The maximum Gasteiger partial charge on any atom is 0.406 e. The smallest absolute Gasteiger partial charge is 0.406 e. The van der Waals surface area contributed by atoms with Gasteiger partial charge >= 0.3 is 6.09 Å². The quantitative estimate of drug-likeness (QED) is 0.740. The Bertz CT molecular complexity index is 119. The van der Waals surface area contributed by atoms with Gasteiger partial charge in [-0.15, -0.1) is 0 Å². The fourth-order valence-electron chi connectivity index (χ4n) is 0.682. The van der Waals surface area contributed by atoms with Gasteiger partial charge in [-0.25, -0.2) is 4.79 Å². The average molecular weight is 224 g/mol. The molecule has 0 aromatic carbocycles. The predicted octanol–water partition coefficient (Wildman–Crippen LogP) is 1.91. The number of carbonyl (C=O) groups is 1. The molecule has 0 saturated carbocycles. The highest BCUT2D eigenvalue weighted by atomic mass is 79.9. The first-order valence-corrected chi connectivity index (χ1v) is 4.58. The average Bonchev–Trinajstić information content (AvgIpc) is 2.01. The van der Waals surface area contributed by atoms with Crippen LogP contribution in [0.4, 0.5) is 4.79 Å². The molecule has 0 aliphatic heterocycles. The largest absolute Gasteiger partial charge is 0.453 e. The van der Waals surface area contributed by atoms with Gasteiger partial charge in [0.1, 0.15) is 0 Å². The maximum atomic E-state index is 10.6. The van der Waals surface area contributed by atoms with Crippen molar-refractivity contribution in [2.24, 2.45) is 0 Å². The van der Waals surface area contributed by atoms with Crippen LogP contribution in [0.2, 0.25) is 0 Å². The Hall–Kier alpha value is -0.250. The van der Waals surface area contributed by atoms with E-state index < -0.39 is 0 Å². The molecule has 1 unspecified atom stereocenters. The van der Waals surface area contributed by atoms with Gasteiger partial charge in [0, 0.05) is 11.4 Å². The molecule has 66 valence electrons. The first-order valence-electron chi connectivity index (χ1n) is 3.66. The number of alkyl halides is 1. The minimum Gasteiger partial charge on any atom is -0.453 e. The van der Waals surface area contributed by atoms with E-state index in [1.807, 2.05) is 0 Å². The molecule has 11 heavy (non-hydrogen) atoms.